The van der Waals surface area contributed by atoms with Crippen LogP contribution in [0.3, 0.4) is 0 Å². The van der Waals surface area contributed by atoms with Crippen molar-refractivity contribution in [2.45, 2.75) is 200 Å². The van der Waals surface area contributed by atoms with E-state index < -0.39 is 0 Å². The van der Waals surface area contributed by atoms with Gasteiger partial charge in [-0.25, -0.2) is 0 Å². The highest BCUT2D eigenvalue weighted by Gasteiger charge is 2.05. The second-order valence-electron chi connectivity index (χ2n) is 13.7. The van der Waals surface area contributed by atoms with Gasteiger partial charge in [-0.15, -0.1) is 0 Å². The highest BCUT2D eigenvalue weighted by atomic mass is 16.2. The van der Waals surface area contributed by atoms with E-state index in [1.54, 1.807) is 0 Å². The Balaban J connectivity index is 3.43. The number of hydrogen-bond acceptors (Lipinski definition) is 3. The first-order chi connectivity index (χ1) is 22.6. The molecule has 2 amide bonds. The van der Waals surface area contributed by atoms with Crippen LogP contribution in [0.4, 0.5) is 0 Å². The predicted molar refractivity (Wildman–Crippen MR) is 202 cm³/mol. The van der Waals surface area contributed by atoms with Gasteiger partial charge < -0.3 is 10.6 Å². The van der Waals surface area contributed by atoms with Gasteiger partial charge in [-0.3, -0.25) is 14.5 Å². The lowest BCUT2D eigenvalue weighted by atomic mass is 10.1. The minimum atomic E-state index is 0.151. The largest absolute Gasteiger partial charge is 0.356 e. The molecule has 0 aromatic rings. The number of nitrogens with zero attached hydrogens (tertiary/aromatic N) is 1. The van der Waals surface area contributed by atoms with Gasteiger partial charge in [-0.05, 0) is 77.7 Å². The Labute approximate surface area is 287 Å². The molecule has 2 N–H and O–H groups in total. The molecule has 0 aliphatic rings. The molecule has 0 rings (SSSR count). The summed E-state index contributed by atoms with van der Waals surface area (Å²) in [5.41, 5.74) is 0. The highest BCUT2D eigenvalue weighted by molar-refractivity contribution is 5.76. The highest BCUT2D eigenvalue weighted by Crippen LogP contribution is 2.11. The SMILES string of the molecule is CCCCCCCCC=CCCCCCCCC(=O)NCCCN(C)CNC(=O)CCCCCCCC=CCCCCCCCC. The fraction of sp³-hybridized carbons (Fsp3) is 0.854. The first kappa shape index (κ1) is 44.4. The van der Waals surface area contributed by atoms with E-state index in [2.05, 4.69) is 53.7 Å². The molecule has 0 bridgehead atoms. The number of amides is 2. The van der Waals surface area contributed by atoms with Gasteiger partial charge in [0.05, 0.1) is 6.67 Å². The Morgan fingerprint density at radius 3 is 1.22 bits per heavy atom. The molecule has 5 nitrogen and oxygen atoms in total. The van der Waals surface area contributed by atoms with Crippen molar-refractivity contribution in [3.8, 4) is 0 Å². The maximum Gasteiger partial charge on any atom is 0.220 e. The summed E-state index contributed by atoms with van der Waals surface area (Å²) in [5.74, 6) is 0.325. The molecular formula is C41H79N3O2. The molecule has 0 saturated heterocycles. The van der Waals surface area contributed by atoms with Crippen molar-refractivity contribution < 1.29 is 9.59 Å². The number of allylic oxidation sites excluding steroid dienone is 4. The fourth-order valence-electron chi connectivity index (χ4n) is 5.77. The third-order valence-electron chi connectivity index (χ3n) is 8.92. The monoisotopic (exact) mass is 646 g/mol. The number of hydrogen-bond donors (Lipinski definition) is 2. The maximum absolute atomic E-state index is 12.2. The summed E-state index contributed by atoms with van der Waals surface area (Å²) in [6, 6.07) is 0. The third kappa shape index (κ3) is 36.8. The number of nitrogens with one attached hydrogen (secondary N) is 2. The van der Waals surface area contributed by atoms with Crippen LogP contribution < -0.4 is 10.6 Å². The first-order valence-electron chi connectivity index (χ1n) is 20.1. The van der Waals surface area contributed by atoms with Gasteiger partial charge in [0.1, 0.15) is 0 Å². The van der Waals surface area contributed by atoms with Crippen LogP contribution >= 0.6 is 0 Å². The molecule has 270 valence electrons. The van der Waals surface area contributed by atoms with E-state index in [0.29, 0.717) is 26.1 Å². The van der Waals surface area contributed by atoms with Crippen molar-refractivity contribution in [2.75, 3.05) is 26.8 Å². The normalized spacial score (nSPS) is 11.7. The van der Waals surface area contributed by atoms with Crippen molar-refractivity contribution in [3.05, 3.63) is 24.3 Å². The second-order valence-corrected chi connectivity index (χ2v) is 13.7. The minimum absolute atomic E-state index is 0.151. The van der Waals surface area contributed by atoms with E-state index in [-0.39, 0.29) is 11.8 Å². The average Bonchev–Trinajstić information content (AvgIpc) is 3.05. The van der Waals surface area contributed by atoms with Crippen LogP contribution in [0, 0.1) is 0 Å². The van der Waals surface area contributed by atoms with Gasteiger partial charge in [0.15, 0.2) is 0 Å². The van der Waals surface area contributed by atoms with Crippen molar-refractivity contribution in [2.24, 2.45) is 0 Å². The zero-order valence-corrected chi connectivity index (χ0v) is 31.2. The molecule has 0 fully saturated rings. The lowest BCUT2D eigenvalue weighted by molar-refractivity contribution is -0.122. The van der Waals surface area contributed by atoms with E-state index in [9.17, 15) is 9.59 Å². The zero-order chi connectivity index (χ0) is 33.6. The molecule has 0 aromatic carbocycles. The smallest absolute Gasteiger partial charge is 0.220 e. The van der Waals surface area contributed by atoms with Crippen LogP contribution in [0.2, 0.25) is 0 Å². The standard InChI is InChI=1S/C41H79N3O2/c1-4-6-8-10-12-14-16-18-20-22-24-26-28-30-32-35-40(45)42-37-34-38-44(3)39-43-41(46)36-33-31-29-27-25-23-21-19-17-15-13-11-9-7-5-2/h18-21H,4-17,22-39H2,1-3H3,(H,42,45)(H,43,46). The van der Waals surface area contributed by atoms with Crippen LogP contribution in [0.1, 0.15) is 200 Å². The number of rotatable bonds is 36. The minimum Gasteiger partial charge on any atom is -0.356 e. The second kappa shape index (κ2) is 37.8. The third-order valence-corrected chi connectivity index (χ3v) is 8.92. The Morgan fingerprint density at radius 1 is 0.457 bits per heavy atom. The summed E-state index contributed by atoms with van der Waals surface area (Å²) < 4.78 is 0. The summed E-state index contributed by atoms with van der Waals surface area (Å²) in [5, 5.41) is 6.10. The van der Waals surface area contributed by atoms with E-state index in [1.807, 2.05) is 7.05 Å². The van der Waals surface area contributed by atoms with Crippen molar-refractivity contribution in [1.82, 2.24) is 15.5 Å². The summed E-state index contributed by atoms with van der Waals surface area (Å²) in [6.45, 7) is 6.69. The molecule has 0 saturated carbocycles. The lowest BCUT2D eigenvalue weighted by Gasteiger charge is -2.17. The van der Waals surface area contributed by atoms with Crippen molar-refractivity contribution in [3.63, 3.8) is 0 Å². The van der Waals surface area contributed by atoms with Gasteiger partial charge in [0.2, 0.25) is 11.8 Å². The summed E-state index contributed by atoms with van der Waals surface area (Å²) in [7, 11) is 2.02. The zero-order valence-electron chi connectivity index (χ0n) is 31.2. The van der Waals surface area contributed by atoms with Gasteiger partial charge in [0.25, 0.3) is 0 Å². The number of carbonyl (C=O) groups excluding carboxylic acids is 2. The molecule has 0 radical (unpaired) electrons. The Morgan fingerprint density at radius 2 is 0.804 bits per heavy atom. The summed E-state index contributed by atoms with van der Waals surface area (Å²) in [4.78, 5) is 26.4. The Kier molecular flexibility index (Phi) is 36.5. The molecule has 5 heteroatoms. The molecule has 46 heavy (non-hydrogen) atoms. The van der Waals surface area contributed by atoms with Gasteiger partial charge in [-0.1, -0.05) is 141 Å². The molecule has 0 heterocycles. The van der Waals surface area contributed by atoms with E-state index >= 15 is 0 Å². The van der Waals surface area contributed by atoms with E-state index in [4.69, 9.17) is 0 Å². The first-order valence-corrected chi connectivity index (χ1v) is 20.1. The van der Waals surface area contributed by atoms with Gasteiger partial charge >= 0.3 is 0 Å². The molecule has 0 aliphatic heterocycles. The lowest BCUT2D eigenvalue weighted by Crippen LogP contribution is -2.36. The summed E-state index contributed by atoms with van der Waals surface area (Å²) >= 11 is 0. The molecule has 0 atom stereocenters. The number of unbranched alkanes of at least 4 members (excludes halogenated alkanes) is 22. The summed E-state index contributed by atoms with van der Waals surface area (Å²) in [6.07, 6.45) is 44.8. The topological polar surface area (TPSA) is 61.4 Å². The average molecular weight is 646 g/mol. The Hall–Kier alpha value is -1.62. The van der Waals surface area contributed by atoms with Crippen LogP contribution in [0.15, 0.2) is 24.3 Å². The van der Waals surface area contributed by atoms with Crippen LogP contribution in [-0.2, 0) is 9.59 Å². The molecule has 0 aliphatic carbocycles. The predicted octanol–water partition coefficient (Wildman–Crippen LogP) is 11.6. The van der Waals surface area contributed by atoms with Crippen molar-refractivity contribution in [1.29, 1.82) is 0 Å². The van der Waals surface area contributed by atoms with Gasteiger partial charge in [-0.2, -0.15) is 0 Å². The fourth-order valence-corrected chi connectivity index (χ4v) is 5.77. The van der Waals surface area contributed by atoms with Crippen LogP contribution in [0.5, 0.6) is 0 Å². The van der Waals surface area contributed by atoms with Crippen molar-refractivity contribution >= 4 is 11.8 Å². The molecular weight excluding hydrogens is 566 g/mol. The van der Waals surface area contributed by atoms with Crippen LogP contribution in [-0.4, -0.2) is 43.5 Å². The maximum atomic E-state index is 12.2. The van der Waals surface area contributed by atoms with E-state index in [0.717, 1.165) is 38.6 Å². The van der Waals surface area contributed by atoms with Crippen LogP contribution in [0.25, 0.3) is 0 Å². The Bertz CT molecular complexity index is 706. The quantitative estimate of drug-likeness (QED) is 0.0405. The molecule has 0 unspecified atom stereocenters. The number of carbonyl (C=O) groups is 2. The molecule has 0 spiro atoms. The van der Waals surface area contributed by atoms with E-state index in [1.165, 1.54) is 141 Å². The molecule has 0 aromatic heterocycles. The van der Waals surface area contributed by atoms with Gasteiger partial charge in [0, 0.05) is 25.9 Å².